The summed E-state index contributed by atoms with van der Waals surface area (Å²) in [6.07, 6.45) is -2.30. The molecule has 0 saturated heterocycles. The Morgan fingerprint density at radius 1 is 0.974 bits per heavy atom. The fourth-order valence-electron chi connectivity index (χ4n) is 4.58. The number of para-hydroxylation sites is 1. The van der Waals surface area contributed by atoms with E-state index >= 15 is 0 Å². The number of nitrogens with zero attached hydrogens (tertiary/aromatic N) is 1. The highest BCUT2D eigenvalue weighted by Gasteiger charge is 2.39. The quantitative estimate of drug-likeness (QED) is 0.290. The van der Waals surface area contributed by atoms with E-state index in [1.54, 1.807) is 74.6 Å². The van der Waals surface area contributed by atoms with Gasteiger partial charge in [0.25, 0.3) is 5.91 Å². The van der Waals surface area contributed by atoms with E-state index in [1.165, 1.54) is 7.11 Å². The first-order valence-corrected chi connectivity index (χ1v) is 13.0. The molecule has 3 aromatic carbocycles. The number of hydrogen-bond donors (Lipinski definition) is 0. The highest BCUT2D eigenvalue weighted by Crippen LogP contribution is 2.45. The van der Waals surface area contributed by atoms with Crippen LogP contribution in [0.25, 0.3) is 0 Å². The number of halogens is 2. The van der Waals surface area contributed by atoms with Gasteiger partial charge in [-0.05, 0) is 43.3 Å². The number of rotatable bonds is 9. The van der Waals surface area contributed by atoms with Crippen molar-refractivity contribution in [3.05, 3.63) is 81.3 Å². The molecule has 8 nitrogen and oxygen atoms in total. The van der Waals surface area contributed by atoms with E-state index in [2.05, 4.69) is 0 Å². The smallest absolute Gasteiger partial charge is 0.308 e. The van der Waals surface area contributed by atoms with Crippen molar-refractivity contribution in [3.8, 4) is 17.2 Å². The topological polar surface area (TPSA) is 83.5 Å². The Labute approximate surface area is 237 Å². The van der Waals surface area contributed by atoms with Crippen molar-refractivity contribution in [2.75, 3.05) is 32.8 Å². The predicted octanol–water partition coefficient (Wildman–Crippen LogP) is 5.99. The minimum Gasteiger partial charge on any atom is -0.497 e. The Kier molecular flexibility index (Phi) is 9.22. The van der Waals surface area contributed by atoms with Crippen LogP contribution in [-0.2, 0) is 25.6 Å². The molecule has 206 valence electrons. The second-order valence-corrected chi connectivity index (χ2v) is 9.53. The maximum Gasteiger partial charge on any atom is 0.308 e. The van der Waals surface area contributed by atoms with Gasteiger partial charge in [0.05, 0.1) is 51.6 Å². The lowest BCUT2D eigenvalue weighted by Gasteiger charge is -2.26. The van der Waals surface area contributed by atoms with Crippen LogP contribution in [0, 0.1) is 0 Å². The van der Waals surface area contributed by atoms with E-state index in [9.17, 15) is 9.59 Å². The van der Waals surface area contributed by atoms with Gasteiger partial charge in [0.2, 0.25) is 0 Å². The van der Waals surface area contributed by atoms with Gasteiger partial charge in [-0.15, -0.1) is 0 Å². The third-order valence-electron chi connectivity index (χ3n) is 6.37. The van der Waals surface area contributed by atoms with E-state index in [4.69, 9.17) is 46.9 Å². The Morgan fingerprint density at radius 2 is 1.77 bits per heavy atom. The minimum atomic E-state index is -1.17. The number of hydrogen-bond acceptors (Lipinski definition) is 7. The molecule has 0 fully saturated rings. The van der Waals surface area contributed by atoms with Crippen molar-refractivity contribution < 1.29 is 33.3 Å². The first kappa shape index (κ1) is 28.5. The summed E-state index contributed by atoms with van der Waals surface area (Å²) in [4.78, 5) is 28.2. The van der Waals surface area contributed by atoms with Crippen LogP contribution in [0.2, 0.25) is 10.0 Å². The zero-order chi connectivity index (χ0) is 28.1. The Bertz CT molecular complexity index is 1360. The highest BCUT2D eigenvalue weighted by atomic mass is 35.5. The number of methoxy groups -OCH3 is 3. The van der Waals surface area contributed by atoms with Crippen LogP contribution in [0.4, 0.5) is 5.69 Å². The molecule has 0 saturated carbocycles. The third kappa shape index (κ3) is 6.08. The number of carbonyl (C=O) groups is 2. The molecule has 0 unspecified atom stereocenters. The molecule has 2 atom stereocenters. The normalized spacial score (nSPS) is 16.8. The molecule has 0 spiro atoms. The Balaban J connectivity index is 1.89. The van der Waals surface area contributed by atoms with Crippen LogP contribution < -0.4 is 19.1 Å². The average molecular weight is 574 g/mol. The van der Waals surface area contributed by atoms with E-state index in [1.807, 2.05) is 6.07 Å². The molecule has 0 bridgehead atoms. The Hall–Kier alpha value is -3.46. The lowest BCUT2D eigenvalue weighted by Crippen LogP contribution is -2.40. The van der Waals surface area contributed by atoms with Crippen LogP contribution in [0.15, 0.2) is 54.6 Å². The summed E-state index contributed by atoms with van der Waals surface area (Å²) in [6.45, 7) is 2.00. The van der Waals surface area contributed by atoms with E-state index in [0.29, 0.717) is 44.1 Å². The summed E-state index contributed by atoms with van der Waals surface area (Å²) in [5.74, 6) is 0.564. The van der Waals surface area contributed by atoms with E-state index in [-0.39, 0.29) is 19.6 Å². The molecular weight excluding hydrogens is 545 g/mol. The summed E-state index contributed by atoms with van der Waals surface area (Å²) in [6, 6.07) is 15.8. The lowest BCUT2D eigenvalue weighted by atomic mass is 9.98. The maximum atomic E-state index is 14.1. The second kappa shape index (κ2) is 12.6. The molecule has 39 heavy (non-hydrogen) atoms. The van der Waals surface area contributed by atoms with E-state index < -0.39 is 24.1 Å². The van der Waals surface area contributed by atoms with Gasteiger partial charge in [-0.25, -0.2) is 0 Å². The number of ether oxygens (including phenoxy) is 5. The van der Waals surface area contributed by atoms with Gasteiger partial charge in [-0.2, -0.15) is 0 Å². The molecule has 0 aliphatic carbocycles. The molecule has 1 aliphatic heterocycles. The SMILES string of the molecule is CCOC(=O)C[C@@H]1O[C@@H](c2cccc(Cl)c2OC)c2cc(Cl)ccc2N(Cc2ccc(OC)cc2OC)C1=O. The van der Waals surface area contributed by atoms with Gasteiger partial charge in [-0.3, -0.25) is 9.59 Å². The van der Waals surface area contributed by atoms with Crippen LogP contribution in [0.3, 0.4) is 0 Å². The minimum absolute atomic E-state index is 0.128. The Morgan fingerprint density at radius 3 is 2.46 bits per heavy atom. The standard InChI is InChI=1S/C29H29Cl2NO7/c1-5-38-26(33)15-25-29(34)32(16-17-9-11-19(35-2)14-24(17)36-3)23-12-10-18(30)13-21(23)27(39-25)20-7-6-8-22(31)28(20)37-4/h6-14,25,27H,5,15-16H2,1-4H3/t25-,27-/m0/s1. The zero-order valence-electron chi connectivity index (χ0n) is 22.0. The van der Waals surface area contributed by atoms with Gasteiger partial charge in [-0.1, -0.05) is 35.3 Å². The molecular formula is C29H29Cl2NO7. The fourth-order valence-corrected chi connectivity index (χ4v) is 5.02. The van der Waals surface area contributed by atoms with Crippen LogP contribution >= 0.6 is 23.2 Å². The van der Waals surface area contributed by atoms with Crippen LogP contribution in [0.5, 0.6) is 17.2 Å². The van der Waals surface area contributed by atoms with Crippen molar-refractivity contribution in [2.45, 2.75) is 32.1 Å². The highest BCUT2D eigenvalue weighted by molar-refractivity contribution is 6.32. The van der Waals surface area contributed by atoms with Crippen molar-refractivity contribution in [1.82, 2.24) is 0 Å². The van der Waals surface area contributed by atoms with Crippen molar-refractivity contribution in [2.24, 2.45) is 0 Å². The molecule has 1 aliphatic rings. The van der Waals surface area contributed by atoms with Gasteiger partial charge < -0.3 is 28.6 Å². The predicted molar refractivity (Wildman–Crippen MR) is 148 cm³/mol. The number of fused-ring (bicyclic) bond motifs is 1. The van der Waals surface area contributed by atoms with Crippen LogP contribution in [-0.4, -0.2) is 45.9 Å². The van der Waals surface area contributed by atoms with Crippen LogP contribution in [0.1, 0.15) is 36.1 Å². The van der Waals surface area contributed by atoms with Gasteiger partial charge in [0.1, 0.15) is 29.5 Å². The molecule has 3 aromatic rings. The zero-order valence-corrected chi connectivity index (χ0v) is 23.5. The summed E-state index contributed by atoms with van der Waals surface area (Å²) in [5.41, 5.74) is 2.47. The molecule has 10 heteroatoms. The van der Waals surface area contributed by atoms with Crippen molar-refractivity contribution >= 4 is 40.8 Å². The number of esters is 1. The summed E-state index contributed by atoms with van der Waals surface area (Å²) in [5, 5.41) is 0.820. The molecule has 0 N–H and O–H groups in total. The van der Waals surface area contributed by atoms with Crippen molar-refractivity contribution in [1.29, 1.82) is 0 Å². The summed E-state index contributed by atoms with van der Waals surface area (Å²) >= 11 is 12.9. The van der Waals surface area contributed by atoms with E-state index in [0.717, 1.165) is 5.56 Å². The second-order valence-electron chi connectivity index (χ2n) is 8.68. The average Bonchev–Trinajstić information content (AvgIpc) is 3.03. The maximum absolute atomic E-state index is 14.1. The number of benzene rings is 3. The number of carbonyl (C=O) groups excluding carboxylic acids is 2. The van der Waals surface area contributed by atoms with Gasteiger partial charge >= 0.3 is 5.97 Å². The largest absolute Gasteiger partial charge is 0.497 e. The third-order valence-corrected chi connectivity index (χ3v) is 6.90. The molecule has 1 heterocycles. The number of anilines is 1. The molecule has 4 rings (SSSR count). The molecule has 0 radical (unpaired) electrons. The summed E-state index contributed by atoms with van der Waals surface area (Å²) < 4.78 is 28.1. The molecule has 0 aromatic heterocycles. The van der Waals surface area contributed by atoms with Gasteiger partial charge in [0.15, 0.2) is 0 Å². The first-order valence-electron chi connectivity index (χ1n) is 12.3. The number of amides is 1. The van der Waals surface area contributed by atoms with Gasteiger partial charge in [0, 0.05) is 27.8 Å². The lowest BCUT2D eigenvalue weighted by molar-refractivity contribution is -0.151. The summed E-state index contributed by atoms with van der Waals surface area (Å²) in [7, 11) is 4.61. The monoisotopic (exact) mass is 573 g/mol. The first-order chi connectivity index (χ1) is 18.8. The fraction of sp³-hybridized carbons (Fsp3) is 0.310. The molecule has 1 amide bonds. The van der Waals surface area contributed by atoms with Crippen molar-refractivity contribution in [3.63, 3.8) is 0 Å².